The van der Waals surface area contributed by atoms with E-state index in [-0.39, 0.29) is 152 Å². The summed E-state index contributed by atoms with van der Waals surface area (Å²) in [5, 5.41) is 8.43. The molecule has 13 heteroatoms. The number of carbonyl (C=O) groups excluding carboxylic acids is 2. The second-order valence-electron chi connectivity index (χ2n) is 12.7. The fourth-order valence-corrected chi connectivity index (χ4v) is 6.32. The van der Waals surface area contributed by atoms with E-state index in [0.717, 1.165) is 64.1 Å². The molecule has 0 aliphatic carbocycles. The first-order valence-corrected chi connectivity index (χ1v) is 17.4. The van der Waals surface area contributed by atoms with Crippen LogP contribution in [0.25, 0.3) is 33.4 Å². The largest absolute Gasteiger partial charge is 1.00 e. The minimum absolute atomic E-state index is 0. The molecular weight excluding hydrogens is 962 g/mol. The number of piperazine rings is 1. The number of amides is 1. The number of aromatic nitrogens is 4. The summed E-state index contributed by atoms with van der Waals surface area (Å²) in [7, 11) is 0. The van der Waals surface area contributed by atoms with Crippen LogP contribution in [0.5, 0.6) is 0 Å². The summed E-state index contributed by atoms with van der Waals surface area (Å²) in [6.07, 6.45) is 3.79. The van der Waals surface area contributed by atoms with Crippen LogP contribution in [0.3, 0.4) is 0 Å². The SMILES string of the molecule is CC(=O)N1CCN(c2cccc(-n3cnc4cc(C(C)C)ccc43)c2)CC1.CC(C)c1ccc2c(c1)ncn2-c1cccc(Br)c1.O=CO[O-].[Cs+].[Cs+].[H-]. The molecule has 52 heavy (non-hydrogen) atoms. The zero-order chi connectivity index (χ0) is 35.8. The Bertz CT molecular complexity index is 2080. The summed E-state index contributed by atoms with van der Waals surface area (Å²) in [5.74, 6) is 1.19. The van der Waals surface area contributed by atoms with E-state index in [1.807, 2.05) is 29.7 Å². The summed E-state index contributed by atoms with van der Waals surface area (Å²) in [6.45, 7) is 13.6. The maximum Gasteiger partial charge on any atom is 1.00 e. The molecule has 1 aliphatic heterocycles. The van der Waals surface area contributed by atoms with Gasteiger partial charge >= 0.3 is 138 Å². The van der Waals surface area contributed by atoms with E-state index < -0.39 is 0 Å². The van der Waals surface area contributed by atoms with Gasteiger partial charge in [-0.1, -0.05) is 67.9 Å². The smallest absolute Gasteiger partial charge is 1.00 e. The van der Waals surface area contributed by atoms with Crippen molar-refractivity contribution < 1.29 is 159 Å². The quantitative estimate of drug-likeness (QED) is 0.141. The second-order valence-corrected chi connectivity index (χ2v) is 13.6. The molecular formula is C39H43BrCs2N6O4. The molecule has 0 bridgehead atoms. The standard InChI is InChI=1S/C22H26N4O.C16H15BrN2.CH2O3.2Cs.H/c1-16(2)18-7-8-22-21(13-18)23-15-26(22)20-6-4-5-19(14-20)25-11-9-24(10-12-25)17(3)27;1-11(2)12-6-7-16-15(8-12)18-10-19(16)14-5-3-4-13(17)9-14;2-1-4-3;;;/h4-8,13-16H,9-12H2,1-3H3;3-11H,1-2H3;1,3H;;;/q;;;2*+1;-1/p-1. The second kappa shape index (κ2) is 22.0. The number of rotatable bonds is 6. The maximum absolute atomic E-state index is 11.5. The molecule has 1 aliphatic rings. The number of benzene rings is 4. The van der Waals surface area contributed by atoms with Crippen LogP contribution >= 0.6 is 15.9 Å². The predicted molar refractivity (Wildman–Crippen MR) is 201 cm³/mol. The van der Waals surface area contributed by atoms with E-state index in [9.17, 15) is 4.79 Å². The van der Waals surface area contributed by atoms with Crippen molar-refractivity contribution in [3.05, 3.63) is 113 Å². The van der Waals surface area contributed by atoms with Crippen molar-refractivity contribution in [2.75, 3.05) is 31.1 Å². The Morgan fingerprint density at radius 1 is 0.750 bits per heavy atom. The van der Waals surface area contributed by atoms with Crippen LogP contribution in [0.4, 0.5) is 5.69 Å². The Kier molecular flexibility index (Phi) is 19.2. The zero-order valence-electron chi connectivity index (χ0n) is 32.0. The van der Waals surface area contributed by atoms with Gasteiger partial charge in [0, 0.05) is 54.6 Å². The molecule has 1 amide bonds. The van der Waals surface area contributed by atoms with Crippen molar-refractivity contribution >= 4 is 56.1 Å². The van der Waals surface area contributed by atoms with E-state index in [1.165, 1.54) is 16.8 Å². The first-order chi connectivity index (χ1) is 24.1. The number of halogens is 1. The van der Waals surface area contributed by atoms with Gasteiger partial charge in [0.05, 0.1) is 22.1 Å². The van der Waals surface area contributed by atoms with Gasteiger partial charge in [0.1, 0.15) is 12.7 Å². The van der Waals surface area contributed by atoms with E-state index >= 15 is 0 Å². The molecule has 7 rings (SSSR count). The summed E-state index contributed by atoms with van der Waals surface area (Å²) < 4.78 is 5.34. The molecule has 0 saturated carbocycles. The number of hydrogen-bond acceptors (Lipinski definition) is 7. The van der Waals surface area contributed by atoms with E-state index in [4.69, 9.17) is 10.1 Å². The van der Waals surface area contributed by atoms with Crippen molar-refractivity contribution in [2.45, 2.75) is 46.5 Å². The van der Waals surface area contributed by atoms with E-state index in [1.54, 1.807) is 6.92 Å². The summed E-state index contributed by atoms with van der Waals surface area (Å²) in [5.41, 5.74) is 10.4. The summed E-state index contributed by atoms with van der Waals surface area (Å²) in [6, 6.07) is 29.9. The molecule has 4 aromatic carbocycles. The van der Waals surface area contributed by atoms with Crippen molar-refractivity contribution in [1.82, 2.24) is 24.0 Å². The first kappa shape index (κ1) is 45.5. The molecule has 1 saturated heterocycles. The Morgan fingerprint density at radius 2 is 1.21 bits per heavy atom. The molecule has 0 radical (unpaired) electrons. The number of anilines is 1. The third-order valence-corrected chi connectivity index (χ3v) is 9.29. The average molecular weight is 1010 g/mol. The number of fused-ring (bicyclic) bond motifs is 2. The van der Waals surface area contributed by atoms with Gasteiger partial charge in [0.2, 0.25) is 5.91 Å². The minimum Gasteiger partial charge on any atom is -1.00 e. The van der Waals surface area contributed by atoms with Crippen LogP contribution in [0.1, 0.15) is 59.0 Å². The predicted octanol–water partition coefficient (Wildman–Crippen LogP) is 1.28. The molecule has 262 valence electrons. The molecule has 10 nitrogen and oxygen atoms in total. The van der Waals surface area contributed by atoms with Gasteiger partial charge in [0.25, 0.3) is 6.47 Å². The first-order valence-electron chi connectivity index (χ1n) is 16.6. The van der Waals surface area contributed by atoms with Gasteiger partial charge < -0.3 is 21.4 Å². The van der Waals surface area contributed by atoms with Gasteiger partial charge in [-0.05, 0) is 83.6 Å². The van der Waals surface area contributed by atoms with Crippen molar-refractivity contribution in [1.29, 1.82) is 0 Å². The Morgan fingerprint density at radius 3 is 1.65 bits per heavy atom. The Balaban J connectivity index is 0.000000330. The van der Waals surface area contributed by atoms with Crippen LogP contribution in [0.2, 0.25) is 0 Å². The van der Waals surface area contributed by atoms with Crippen LogP contribution in [-0.4, -0.2) is 62.6 Å². The van der Waals surface area contributed by atoms with Gasteiger partial charge in [0.15, 0.2) is 0 Å². The van der Waals surface area contributed by atoms with Crippen LogP contribution in [-0.2, 0) is 14.5 Å². The molecule has 1 fully saturated rings. The van der Waals surface area contributed by atoms with Gasteiger partial charge in [-0.3, -0.25) is 18.7 Å². The van der Waals surface area contributed by atoms with E-state index in [0.29, 0.717) is 11.8 Å². The Hall–Kier alpha value is -0.896. The molecule has 0 N–H and O–H groups in total. The summed E-state index contributed by atoms with van der Waals surface area (Å²) in [4.78, 5) is 36.2. The molecule has 0 unspecified atom stereocenters. The Labute approximate surface area is 433 Å². The average Bonchev–Trinajstić information content (AvgIpc) is 3.76. The number of imidazole rings is 2. The number of nitrogens with zero attached hydrogens (tertiary/aromatic N) is 6. The third-order valence-electron chi connectivity index (χ3n) is 8.80. The topological polar surface area (TPSA) is 109 Å². The summed E-state index contributed by atoms with van der Waals surface area (Å²) >= 11 is 3.51. The molecule has 6 aromatic rings. The van der Waals surface area contributed by atoms with Crippen LogP contribution in [0.15, 0.2) is 102 Å². The molecule has 0 spiro atoms. The minimum atomic E-state index is -0.181. The third kappa shape index (κ3) is 11.8. The number of hydrogen-bond donors (Lipinski definition) is 0. The fraction of sp³-hybridized carbons (Fsp3) is 0.282. The zero-order valence-corrected chi connectivity index (χ0v) is 45.1. The number of carbonyl (C=O) groups is 2. The van der Waals surface area contributed by atoms with Crippen LogP contribution in [0, 0.1) is 0 Å². The monoisotopic (exact) mass is 1000 g/mol. The van der Waals surface area contributed by atoms with E-state index in [2.05, 4.69) is 145 Å². The van der Waals surface area contributed by atoms with Gasteiger partial charge in [-0.15, -0.1) is 0 Å². The van der Waals surface area contributed by atoms with Crippen molar-refractivity contribution in [3.8, 4) is 11.4 Å². The molecule has 3 heterocycles. The fourth-order valence-electron chi connectivity index (χ4n) is 5.93. The van der Waals surface area contributed by atoms with Gasteiger partial charge in [-0.2, -0.15) is 0 Å². The van der Waals surface area contributed by atoms with Crippen molar-refractivity contribution in [3.63, 3.8) is 0 Å². The normalized spacial score (nSPS) is 12.3. The van der Waals surface area contributed by atoms with Crippen LogP contribution < -0.4 is 148 Å². The van der Waals surface area contributed by atoms with Crippen molar-refractivity contribution in [2.24, 2.45) is 0 Å². The van der Waals surface area contributed by atoms with Gasteiger partial charge in [-0.25, -0.2) is 9.97 Å². The molecule has 2 aromatic heterocycles. The maximum atomic E-state index is 11.5. The molecule has 0 atom stereocenters.